The Balaban J connectivity index is 0. The number of nitrogens with two attached hydrogens (primary N) is 1. The fourth-order valence-electron chi connectivity index (χ4n) is 0.402. The predicted octanol–water partition coefficient (Wildman–Crippen LogP) is -0.823. The highest BCUT2D eigenvalue weighted by molar-refractivity contribution is 7.79. The van der Waals surface area contributed by atoms with Crippen LogP contribution < -0.4 is 5.90 Å². The Morgan fingerprint density at radius 2 is 1.86 bits per heavy atom. The molecule has 0 unspecified atom stereocenters. The lowest BCUT2D eigenvalue weighted by Gasteiger charge is -1.96. The van der Waals surface area contributed by atoms with E-state index < -0.39 is 10.4 Å². The van der Waals surface area contributed by atoms with Gasteiger partial charge in [-0.05, 0) is 6.42 Å². The van der Waals surface area contributed by atoms with Crippen LogP contribution in [0.3, 0.4) is 0 Å². The van der Waals surface area contributed by atoms with Crippen LogP contribution in [0.2, 0.25) is 0 Å². The van der Waals surface area contributed by atoms with Gasteiger partial charge in [-0.3, -0.25) is 13.9 Å². The first-order valence-electron chi connectivity index (χ1n) is 3.39. The smallest absolute Gasteiger partial charge is 0.394 e. The van der Waals surface area contributed by atoms with Crippen LogP contribution in [0.25, 0.3) is 0 Å². The molecule has 0 bridgehead atoms. The van der Waals surface area contributed by atoms with Crippen LogP contribution >= 0.6 is 0 Å². The van der Waals surface area contributed by atoms with Gasteiger partial charge in [-0.15, -0.1) is 0 Å². The average Bonchev–Trinajstić information content (AvgIpc) is 2.01. The van der Waals surface area contributed by atoms with Gasteiger partial charge in [0.2, 0.25) is 0 Å². The zero-order valence-corrected chi connectivity index (χ0v) is 8.36. The molecule has 0 aromatic heterocycles. The highest BCUT2D eigenvalue weighted by atomic mass is 32.3. The quantitative estimate of drug-likeness (QED) is 0.247. The molecule has 0 aliphatic heterocycles. The molecule has 14 heavy (non-hydrogen) atoms. The molecule has 9 heteroatoms. The van der Waals surface area contributed by atoms with E-state index in [1.807, 2.05) is 0 Å². The van der Waals surface area contributed by atoms with Crippen LogP contribution in [-0.4, -0.2) is 37.2 Å². The van der Waals surface area contributed by atoms with Crippen LogP contribution in [0, 0.1) is 0 Å². The van der Waals surface area contributed by atoms with Crippen LogP contribution in [0.5, 0.6) is 0 Å². The van der Waals surface area contributed by atoms with Gasteiger partial charge in [0.15, 0.2) is 0 Å². The number of hydrogen-bond acceptors (Lipinski definition) is 6. The molecule has 0 atom stereocenters. The van der Waals surface area contributed by atoms with E-state index in [-0.39, 0.29) is 5.97 Å². The van der Waals surface area contributed by atoms with Crippen molar-refractivity contribution < 1.29 is 31.9 Å². The molecule has 8 nitrogen and oxygen atoms in total. The topological polar surface area (TPSA) is 136 Å². The molecule has 4 N–H and O–H groups in total. The van der Waals surface area contributed by atoms with Gasteiger partial charge in [0.25, 0.3) is 0 Å². The van der Waals surface area contributed by atoms with Crippen LogP contribution in [0.1, 0.15) is 12.8 Å². The molecular weight excluding hydrogens is 218 g/mol. The fourth-order valence-corrected chi connectivity index (χ4v) is 0.402. The second kappa shape index (κ2) is 8.84. The maximum Gasteiger partial charge on any atom is 0.394 e. The Labute approximate surface area is 81.5 Å². The number of methoxy groups -OCH3 is 1. The van der Waals surface area contributed by atoms with Gasteiger partial charge in [-0.2, -0.15) is 8.42 Å². The van der Waals surface area contributed by atoms with Crippen LogP contribution in [0.4, 0.5) is 0 Å². The van der Waals surface area contributed by atoms with E-state index in [0.29, 0.717) is 19.4 Å². The summed E-state index contributed by atoms with van der Waals surface area (Å²) in [5, 5.41) is 0. The van der Waals surface area contributed by atoms with E-state index >= 15 is 0 Å². The van der Waals surface area contributed by atoms with Gasteiger partial charge >= 0.3 is 16.4 Å². The molecule has 86 valence electrons. The number of rotatable bonds is 4. The highest BCUT2D eigenvalue weighted by Gasteiger charge is 1.97. The summed E-state index contributed by atoms with van der Waals surface area (Å²) < 4.78 is 35.9. The third-order valence-electron chi connectivity index (χ3n) is 0.871. The summed E-state index contributed by atoms with van der Waals surface area (Å²) in [6, 6.07) is 0. The van der Waals surface area contributed by atoms with Gasteiger partial charge in [-0.25, -0.2) is 5.90 Å². The first-order valence-corrected chi connectivity index (χ1v) is 4.79. The van der Waals surface area contributed by atoms with E-state index in [4.69, 9.17) is 23.4 Å². The van der Waals surface area contributed by atoms with Gasteiger partial charge in [-0.1, -0.05) is 0 Å². The molecule has 0 aromatic carbocycles. The minimum Gasteiger partial charge on any atom is -0.469 e. The normalized spacial score (nSPS) is 10.0. The van der Waals surface area contributed by atoms with Gasteiger partial charge < -0.3 is 9.57 Å². The summed E-state index contributed by atoms with van der Waals surface area (Å²) in [6.45, 7) is 0.398. The molecule has 0 heterocycles. The van der Waals surface area contributed by atoms with Gasteiger partial charge in [0, 0.05) is 6.42 Å². The summed E-state index contributed by atoms with van der Waals surface area (Å²) in [4.78, 5) is 14.6. The minimum atomic E-state index is -4.67. The van der Waals surface area contributed by atoms with Crippen molar-refractivity contribution in [3.63, 3.8) is 0 Å². The van der Waals surface area contributed by atoms with Crippen LogP contribution in [0.15, 0.2) is 0 Å². The second-order valence-electron chi connectivity index (χ2n) is 2.00. The number of carbonyl (C=O) groups excluding carboxylic acids is 1. The monoisotopic (exact) mass is 231 g/mol. The summed E-state index contributed by atoms with van der Waals surface area (Å²) in [5.74, 6) is 4.47. The predicted molar refractivity (Wildman–Crippen MR) is 45.6 cm³/mol. The molecule has 0 fully saturated rings. The second-order valence-corrected chi connectivity index (χ2v) is 2.89. The minimum absolute atomic E-state index is 0.230. The van der Waals surface area contributed by atoms with Gasteiger partial charge in [0.1, 0.15) is 0 Å². The number of ether oxygens (including phenoxy) is 1. The van der Waals surface area contributed by atoms with E-state index in [9.17, 15) is 4.79 Å². The average molecular weight is 231 g/mol. The maximum absolute atomic E-state index is 10.4. The van der Waals surface area contributed by atoms with E-state index in [1.54, 1.807) is 0 Å². The molecule has 0 amide bonds. The number of carbonyl (C=O) groups is 1. The van der Waals surface area contributed by atoms with Crippen LogP contribution in [-0.2, 0) is 24.8 Å². The Kier molecular flexibility index (Phi) is 9.93. The molecule has 0 saturated heterocycles. The Bertz CT molecular complexity index is 228. The molecule has 0 spiro atoms. The van der Waals surface area contributed by atoms with E-state index in [1.165, 1.54) is 7.11 Å². The summed E-state index contributed by atoms with van der Waals surface area (Å²) in [6.07, 6.45) is 0.983. The first-order chi connectivity index (χ1) is 6.31. The highest BCUT2D eigenvalue weighted by Crippen LogP contribution is 1.89. The van der Waals surface area contributed by atoms with Crippen molar-refractivity contribution >= 4 is 16.4 Å². The largest absolute Gasteiger partial charge is 0.469 e. The maximum atomic E-state index is 10.4. The standard InChI is InChI=1S/C5H11NO3.H2O4S/c1-8-5(7)3-2-4-9-6;1-5(2,3)4/h2-4,6H2,1H3;(H2,1,2,3,4). The number of esters is 1. The molecule has 0 aliphatic rings. The molecule has 0 radical (unpaired) electrons. The fraction of sp³-hybridized carbons (Fsp3) is 0.800. The lowest BCUT2D eigenvalue weighted by atomic mass is 10.3. The first kappa shape index (κ1) is 15.7. The van der Waals surface area contributed by atoms with Gasteiger partial charge in [0.05, 0.1) is 13.7 Å². The van der Waals surface area contributed by atoms with E-state index in [2.05, 4.69) is 9.57 Å². The summed E-state index contributed by atoms with van der Waals surface area (Å²) in [7, 11) is -3.31. The van der Waals surface area contributed by atoms with Crippen molar-refractivity contribution in [1.82, 2.24) is 0 Å². The Morgan fingerprint density at radius 1 is 1.43 bits per heavy atom. The molecule has 0 saturated carbocycles. The van der Waals surface area contributed by atoms with Crippen molar-refractivity contribution in [2.45, 2.75) is 12.8 Å². The Morgan fingerprint density at radius 3 is 2.14 bits per heavy atom. The molecule has 0 rings (SSSR count). The van der Waals surface area contributed by atoms with Crippen molar-refractivity contribution in [3.05, 3.63) is 0 Å². The zero-order chi connectivity index (χ0) is 11.6. The lowest BCUT2D eigenvalue weighted by molar-refractivity contribution is -0.141. The summed E-state index contributed by atoms with van der Waals surface area (Å²) in [5.41, 5.74) is 0. The zero-order valence-electron chi connectivity index (χ0n) is 7.54. The van der Waals surface area contributed by atoms with E-state index in [0.717, 1.165) is 0 Å². The molecule has 0 aromatic rings. The third-order valence-corrected chi connectivity index (χ3v) is 0.871. The molecule has 0 aliphatic carbocycles. The molecular formula is C5H13NO7S. The third kappa shape index (κ3) is 30.2. The summed E-state index contributed by atoms with van der Waals surface area (Å²) >= 11 is 0. The van der Waals surface area contributed by atoms with Crippen molar-refractivity contribution in [2.75, 3.05) is 13.7 Å². The Hall–Kier alpha value is -0.740. The SMILES string of the molecule is COC(=O)CCCON.O=S(=O)(O)O. The van der Waals surface area contributed by atoms with Crippen molar-refractivity contribution in [3.8, 4) is 0 Å². The van der Waals surface area contributed by atoms with Crippen molar-refractivity contribution in [2.24, 2.45) is 5.90 Å². The lowest BCUT2D eigenvalue weighted by Crippen LogP contribution is -2.05. The number of hydrogen-bond donors (Lipinski definition) is 3. The van der Waals surface area contributed by atoms with Crippen molar-refractivity contribution in [1.29, 1.82) is 0 Å².